The number of carbonyl (C=O) groups is 1. The van der Waals surface area contributed by atoms with Gasteiger partial charge in [0.2, 0.25) is 5.91 Å². The minimum absolute atomic E-state index is 0.169. The van der Waals surface area contributed by atoms with Gasteiger partial charge in [-0.05, 0) is 23.8 Å². The van der Waals surface area contributed by atoms with Gasteiger partial charge < -0.3 is 10.4 Å². The van der Waals surface area contributed by atoms with Gasteiger partial charge in [0.15, 0.2) is 5.69 Å². The third-order valence-electron chi connectivity index (χ3n) is 2.63. The average Bonchev–Trinajstić information content (AvgIpc) is 2.87. The highest BCUT2D eigenvalue weighted by molar-refractivity contribution is 5.90. The number of carbonyl (C=O) groups excluding carboxylic acids is 1. The van der Waals surface area contributed by atoms with Crippen LogP contribution in [0.15, 0.2) is 36.5 Å². The second-order valence-corrected chi connectivity index (χ2v) is 4.30. The molecule has 21 heavy (non-hydrogen) atoms. The molecule has 0 spiro atoms. The van der Waals surface area contributed by atoms with Crippen LogP contribution in [0.1, 0.15) is 11.3 Å². The summed E-state index contributed by atoms with van der Waals surface area (Å²) in [6, 6.07) is 7.32. The monoisotopic (exact) mass is 299 g/mol. The molecule has 1 heterocycles. The summed E-state index contributed by atoms with van der Waals surface area (Å²) in [4.78, 5) is 11.7. The first-order valence-electron chi connectivity index (χ1n) is 5.99. The van der Waals surface area contributed by atoms with Crippen LogP contribution in [0.3, 0.4) is 0 Å². The zero-order valence-corrected chi connectivity index (χ0v) is 10.8. The van der Waals surface area contributed by atoms with Crippen molar-refractivity contribution in [1.82, 2.24) is 9.78 Å². The van der Waals surface area contributed by atoms with E-state index in [0.29, 0.717) is 11.3 Å². The van der Waals surface area contributed by atoms with Gasteiger partial charge in [0.1, 0.15) is 6.54 Å². The highest BCUT2D eigenvalue weighted by Crippen LogP contribution is 2.27. The quantitative estimate of drug-likeness (QED) is 0.908. The maximum atomic E-state index is 12.4. The summed E-state index contributed by atoms with van der Waals surface area (Å²) in [5.41, 5.74) is 0.0265. The van der Waals surface area contributed by atoms with Crippen molar-refractivity contribution in [3.8, 4) is 0 Å². The molecule has 2 rings (SSSR count). The highest BCUT2D eigenvalue weighted by Gasteiger charge is 2.33. The number of alkyl halides is 3. The molecule has 2 aromatic rings. The minimum atomic E-state index is -4.53. The predicted molar refractivity (Wildman–Crippen MR) is 68.2 cm³/mol. The SMILES string of the molecule is O=C(Cn1ccc(C(F)(F)F)n1)Nc1cccc(CO)c1. The molecule has 1 aromatic carbocycles. The van der Waals surface area contributed by atoms with E-state index in [0.717, 1.165) is 16.9 Å². The maximum absolute atomic E-state index is 12.4. The van der Waals surface area contributed by atoms with Crippen molar-refractivity contribution in [2.75, 3.05) is 5.32 Å². The van der Waals surface area contributed by atoms with Gasteiger partial charge in [-0.25, -0.2) is 0 Å². The van der Waals surface area contributed by atoms with E-state index < -0.39 is 17.8 Å². The fraction of sp³-hybridized carbons (Fsp3) is 0.231. The molecule has 1 amide bonds. The van der Waals surface area contributed by atoms with E-state index in [1.807, 2.05) is 0 Å². The summed E-state index contributed by atoms with van der Waals surface area (Å²) < 4.78 is 38.0. The molecule has 5 nitrogen and oxygen atoms in total. The summed E-state index contributed by atoms with van der Waals surface area (Å²) in [5, 5.41) is 14.8. The third kappa shape index (κ3) is 4.06. The Morgan fingerprint density at radius 3 is 2.71 bits per heavy atom. The lowest BCUT2D eigenvalue weighted by Gasteiger charge is -2.07. The van der Waals surface area contributed by atoms with Gasteiger partial charge in [0, 0.05) is 11.9 Å². The van der Waals surface area contributed by atoms with E-state index >= 15 is 0 Å². The largest absolute Gasteiger partial charge is 0.435 e. The molecule has 112 valence electrons. The molecule has 0 unspecified atom stereocenters. The Kier molecular flexibility index (Phi) is 4.27. The smallest absolute Gasteiger partial charge is 0.392 e. The van der Waals surface area contributed by atoms with E-state index in [4.69, 9.17) is 5.11 Å². The second-order valence-electron chi connectivity index (χ2n) is 4.30. The number of aromatic nitrogens is 2. The zero-order chi connectivity index (χ0) is 15.5. The summed E-state index contributed by atoms with van der Waals surface area (Å²) >= 11 is 0. The van der Waals surface area contributed by atoms with Gasteiger partial charge in [-0.2, -0.15) is 18.3 Å². The number of rotatable bonds is 4. The van der Waals surface area contributed by atoms with Crippen molar-refractivity contribution in [2.24, 2.45) is 0 Å². The normalized spacial score (nSPS) is 11.4. The first kappa shape index (κ1) is 15.0. The Morgan fingerprint density at radius 2 is 2.10 bits per heavy atom. The Morgan fingerprint density at radius 1 is 1.33 bits per heavy atom. The number of benzene rings is 1. The lowest BCUT2D eigenvalue weighted by Crippen LogP contribution is -2.19. The molecular weight excluding hydrogens is 287 g/mol. The standard InChI is InChI=1S/C13H12F3N3O2/c14-13(15,16)11-4-5-19(18-11)7-12(21)17-10-3-1-2-9(6-10)8-20/h1-6,20H,7-8H2,(H,17,21). The number of nitrogens with one attached hydrogen (secondary N) is 1. The number of anilines is 1. The number of amides is 1. The number of halogens is 3. The molecule has 0 atom stereocenters. The molecule has 2 N–H and O–H groups in total. The highest BCUT2D eigenvalue weighted by atomic mass is 19.4. The lowest BCUT2D eigenvalue weighted by atomic mass is 10.2. The molecule has 0 saturated heterocycles. The molecule has 1 aromatic heterocycles. The van der Waals surface area contributed by atoms with Gasteiger partial charge >= 0.3 is 6.18 Å². The molecule has 0 saturated carbocycles. The van der Waals surface area contributed by atoms with Gasteiger partial charge in [-0.1, -0.05) is 12.1 Å². The topological polar surface area (TPSA) is 67.2 Å². The van der Waals surface area contributed by atoms with Gasteiger partial charge in [-0.15, -0.1) is 0 Å². The summed E-state index contributed by atoms with van der Waals surface area (Å²) in [6.07, 6.45) is -3.44. The van der Waals surface area contributed by atoms with E-state index in [-0.39, 0.29) is 13.2 Å². The average molecular weight is 299 g/mol. The van der Waals surface area contributed by atoms with Gasteiger partial charge in [0.25, 0.3) is 0 Å². The molecule has 0 aliphatic rings. The van der Waals surface area contributed by atoms with E-state index in [1.165, 1.54) is 0 Å². The summed E-state index contributed by atoms with van der Waals surface area (Å²) in [7, 11) is 0. The molecule has 0 aliphatic carbocycles. The van der Waals surface area contributed by atoms with Crippen molar-refractivity contribution in [3.05, 3.63) is 47.8 Å². The Bertz CT molecular complexity index is 638. The predicted octanol–water partition coefficient (Wildman–Crippen LogP) is 2.03. The fourth-order valence-electron chi connectivity index (χ4n) is 1.70. The lowest BCUT2D eigenvalue weighted by molar-refractivity contribution is -0.141. The van der Waals surface area contributed by atoms with Crippen molar-refractivity contribution >= 4 is 11.6 Å². The molecule has 0 bridgehead atoms. The number of aliphatic hydroxyl groups excluding tert-OH is 1. The molecule has 0 fully saturated rings. The van der Waals surface area contributed by atoms with Crippen molar-refractivity contribution in [2.45, 2.75) is 19.3 Å². The van der Waals surface area contributed by atoms with Crippen molar-refractivity contribution < 1.29 is 23.1 Å². The molecule has 8 heteroatoms. The Balaban J connectivity index is 2.00. The number of hydrogen-bond donors (Lipinski definition) is 2. The van der Waals surface area contributed by atoms with Gasteiger partial charge in [0.05, 0.1) is 6.61 Å². The van der Waals surface area contributed by atoms with Crippen LogP contribution in [0.2, 0.25) is 0 Å². The second kappa shape index (κ2) is 5.96. The van der Waals surface area contributed by atoms with Crippen molar-refractivity contribution in [3.63, 3.8) is 0 Å². The zero-order valence-electron chi connectivity index (χ0n) is 10.8. The fourth-order valence-corrected chi connectivity index (χ4v) is 1.70. The number of nitrogens with zero attached hydrogens (tertiary/aromatic N) is 2. The van der Waals surface area contributed by atoms with E-state index in [1.54, 1.807) is 24.3 Å². The minimum Gasteiger partial charge on any atom is -0.392 e. The third-order valence-corrected chi connectivity index (χ3v) is 2.63. The summed E-state index contributed by atoms with van der Waals surface area (Å²) in [6.45, 7) is -0.503. The number of aliphatic hydroxyl groups is 1. The first-order chi connectivity index (χ1) is 9.88. The van der Waals surface area contributed by atoms with Crippen molar-refractivity contribution in [1.29, 1.82) is 0 Å². The molecule has 0 radical (unpaired) electrons. The van der Waals surface area contributed by atoms with E-state index in [9.17, 15) is 18.0 Å². The van der Waals surface area contributed by atoms with Crippen LogP contribution in [-0.4, -0.2) is 20.8 Å². The first-order valence-corrected chi connectivity index (χ1v) is 5.99. The summed E-state index contributed by atoms with van der Waals surface area (Å²) in [5.74, 6) is -0.512. The van der Waals surface area contributed by atoms with Crippen LogP contribution in [-0.2, 0) is 24.1 Å². The molecule has 0 aliphatic heterocycles. The van der Waals surface area contributed by atoms with Crippen LogP contribution in [0, 0.1) is 0 Å². The van der Waals surface area contributed by atoms with Crippen LogP contribution in [0.5, 0.6) is 0 Å². The van der Waals surface area contributed by atoms with Crippen LogP contribution in [0.25, 0.3) is 0 Å². The van der Waals surface area contributed by atoms with Crippen LogP contribution < -0.4 is 5.32 Å². The van der Waals surface area contributed by atoms with Crippen LogP contribution in [0.4, 0.5) is 18.9 Å². The Labute approximate surface area is 118 Å². The van der Waals surface area contributed by atoms with Crippen LogP contribution >= 0.6 is 0 Å². The Hall–Kier alpha value is -2.35. The number of hydrogen-bond acceptors (Lipinski definition) is 3. The van der Waals surface area contributed by atoms with Gasteiger partial charge in [-0.3, -0.25) is 9.48 Å². The molecular formula is C13H12F3N3O2. The van der Waals surface area contributed by atoms with E-state index in [2.05, 4.69) is 10.4 Å². The maximum Gasteiger partial charge on any atom is 0.435 e.